The lowest BCUT2D eigenvalue weighted by Gasteiger charge is -2.43. The first kappa shape index (κ1) is 20.4. The van der Waals surface area contributed by atoms with E-state index in [0.29, 0.717) is 0 Å². The third-order valence-electron chi connectivity index (χ3n) is 5.37. The first-order chi connectivity index (χ1) is 13.4. The van der Waals surface area contributed by atoms with Crippen LogP contribution in [0.5, 0.6) is 5.75 Å². The fourth-order valence-electron chi connectivity index (χ4n) is 3.90. The Labute approximate surface area is 170 Å². The van der Waals surface area contributed by atoms with Crippen molar-refractivity contribution in [3.8, 4) is 5.75 Å². The molecule has 1 N–H and O–H groups in total. The molecule has 3 heteroatoms. The van der Waals surface area contributed by atoms with Crippen LogP contribution >= 0.6 is 0 Å². The molecule has 0 saturated heterocycles. The van der Waals surface area contributed by atoms with Gasteiger partial charge in [-0.05, 0) is 39.0 Å². The summed E-state index contributed by atoms with van der Waals surface area (Å²) in [4.78, 5) is 0. The van der Waals surface area contributed by atoms with Gasteiger partial charge in [0.25, 0.3) is 0 Å². The first-order valence-electron chi connectivity index (χ1n) is 9.95. The largest absolute Gasteiger partial charge is 0.534 e. The van der Waals surface area contributed by atoms with Crippen LogP contribution in [0, 0.1) is 0 Å². The maximum atomic E-state index is 9.67. The maximum absolute atomic E-state index is 9.67. The van der Waals surface area contributed by atoms with Gasteiger partial charge in [0.15, 0.2) is 0 Å². The van der Waals surface area contributed by atoms with E-state index in [1.807, 2.05) is 12.1 Å². The molecule has 28 heavy (non-hydrogen) atoms. The topological polar surface area (TPSA) is 29.5 Å². The molecule has 3 aromatic rings. The Kier molecular flexibility index (Phi) is 6.06. The van der Waals surface area contributed by atoms with Crippen molar-refractivity contribution in [2.24, 2.45) is 0 Å². The number of aliphatic hydroxyl groups excluding tert-OH is 1. The Morgan fingerprint density at radius 1 is 0.821 bits per heavy atom. The summed E-state index contributed by atoms with van der Waals surface area (Å²) in [6.07, 6.45) is 0.888. The molecule has 146 valence electrons. The minimum atomic E-state index is -2.66. The Bertz CT molecular complexity index is 859. The molecule has 0 aromatic heterocycles. The van der Waals surface area contributed by atoms with Gasteiger partial charge in [0, 0.05) is 0 Å². The monoisotopic (exact) mass is 390 g/mol. The van der Waals surface area contributed by atoms with Crippen molar-refractivity contribution < 1.29 is 9.53 Å². The molecule has 0 unspecified atom stereocenters. The van der Waals surface area contributed by atoms with Gasteiger partial charge in [-0.1, -0.05) is 100 Å². The highest BCUT2D eigenvalue weighted by Crippen LogP contribution is 2.38. The van der Waals surface area contributed by atoms with Crippen LogP contribution in [0.15, 0.2) is 78.9 Å². The Balaban J connectivity index is 2.28. The first-order valence-corrected chi connectivity index (χ1v) is 11.9. The Morgan fingerprint density at radius 3 is 1.79 bits per heavy atom. The number of rotatable bonds is 6. The quantitative estimate of drug-likeness (QED) is 0.619. The summed E-state index contributed by atoms with van der Waals surface area (Å²) in [6.45, 7) is 9.00. The van der Waals surface area contributed by atoms with E-state index < -0.39 is 8.32 Å². The summed E-state index contributed by atoms with van der Waals surface area (Å²) in [7, 11) is -2.66. The predicted molar refractivity (Wildman–Crippen MR) is 120 cm³/mol. The van der Waals surface area contributed by atoms with Crippen LogP contribution in [0.1, 0.15) is 38.8 Å². The van der Waals surface area contributed by atoms with Crippen molar-refractivity contribution in [1.82, 2.24) is 0 Å². The SMILES string of the molecule is CCc1ccc(CO)cc1O[Si](c1ccccc1)(c1ccccc1)C(C)(C)C. The van der Waals surface area contributed by atoms with Gasteiger partial charge in [0.1, 0.15) is 5.75 Å². The number of aryl methyl sites for hydroxylation is 1. The molecule has 0 radical (unpaired) electrons. The summed E-state index contributed by atoms with van der Waals surface area (Å²) in [5.41, 5.74) is 2.05. The van der Waals surface area contributed by atoms with Crippen LogP contribution in [0.3, 0.4) is 0 Å². The van der Waals surface area contributed by atoms with Gasteiger partial charge in [-0.3, -0.25) is 0 Å². The van der Waals surface area contributed by atoms with E-state index in [0.717, 1.165) is 17.7 Å². The number of benzene rings is 3. The molecule has 0 spiro atoms. The van der Waals surface area contributed by atoms with E-state index in [1.54, 1.807) is 0 Å². The van der Waals surface area contributed by atoms with Crippen molar-refractivity contribution in [3.63, 3.8) is 0 Å². The van der Waals surface area contributed by atoms with Crippen molar-refractivity contribution >= 4 is 18.7 Å². The summed E-state index contributed by atoms with van der Waals surface area (Å²) >= 11 is 0. The van der Waals surface area contributed by atoms with Crippen molar-refractivity contribution in [3.05, 3.63) is 90.0 Å². The standard InChI is InChI=1S/C25H30O2Si/c1-5-21-17-16-20(19-26)18-24(21)27-28(25(2,3)4,22-12-8-6-9-13-22)23-14-10-7-11-15-23/h6-18,26H,5,19H2,1-4H3. The third kappa shape index (κ3) is 3.78. The molecule has 0 saturated carbocycles. The van der Waals surface area contributed by atoms with E-state index in [4.69, 9.17) is 4.43 Å². The highest BCUT2D eigenvalue weighted by atomic mass is 28.4. The van der Waals surface area contributed by atoms with Gasteiger partial charge in [-0.15, -0.1) is 0 Å². The number of hydrogen-bond acceptors (Lipinski definition) is 2. The molecule has 3 rings (SSSR count). The smallest absolute Gasteiger partial charge is 0.319 e. The lowest BCUT2D eigenvalue weighted by atomic mass is 10.1. The van der Waals surface area contributed by atoms with E-state index >= 15 is 0 Å². The second-order valence-electron chi connectivity index (χ2n) is 8.22. The lowest BCUT2D eigenvalue weighted by Crippen LogP contribution is -2.68. The lowest BCUT2D eigenvalue weighted by molar-refractivity contribution is 0.281. The van der Waals surface area contributed by atoms with Crippen molar-refractivity contribution in [1.29, 1.82) is 0 Å². The van der Waals surface area contributed by atoms with Crippen LogP contribution in [0.4, 0.5) is 0 Å². The molecule has 2 nitrogen and oxygen atoms in total. The second-order valence-corrected chi connectivity index (χ2v) is 12.4. The summed E-state index contributed by atoms with van der Waals surface area (Å²) < 4.78 is 7.13. The molecular weight excluding hydrogens is 360 g/mol. The zero-order valence-electron chi connectivity index (χ0n) is 17.3. The molecule has 3 aromatic carbocycles. The molecule has 0 atom stereocenters. The Morgan fingerprint density at radius 2 is 1.36 bits per heavy atom. The molecule has 0 amide bonds. The van der Waals surface area contributed by atoms with E-state index in [-0.39, 0.29) is 11.6 Å². The average molecular weight is 391 g/mol. The third-order valence-corrected chi connectivity index (χ3v) is 10.3. The number of aliphatic hydroxyl groups is 1. The molecule has 0 aliphatic carbocycles. The van der Waals surface area contributed by atoms with E-state index in [2.05, 4.69) is 94.4 Å². The zero-order chi connectivity index (χ0) is 20.2. The van der Waals surface area contributed by atoms with E-state index in [9.17, 15) is 5.11 Å². The van der Waals surface area contributed by atoms with Crippen LogP contribution in [-0.4, -0.2) is 13.4 Å². The minimum absolute atomic E-state index is 0.0150. The fourth-order valence-corrected chi connectivity index (χ4v) is 8.35. The second kappa shape index (κ2) is 8.34. The van der Waals surface area contributed by atoms with Gasteiger partial charge in [0.05, 0.1) is 6.61 Å². The summed E-state index contributed by atoms with van der Waals surface area (Å²) in [5, 5.41) is 12.1. The number of hydrogen-bond donors (Lipinski definition) is 1. The van der Waals surface area contributed by atoms with Crippen LogP contribution in [-0.2, 0) is 13.0 Å². The van der Waals surface area contributed by atoms with Gasteiger partial charge in [0.2, 0.25) is 0 Å². The van der Waals surface area contributed by atoms with Crippen LogP contribution < -0.4 is 14.8 Å². The van der Waals surface area contributed by atoms with Gasteiger partial charge < -0.3 is 9.53 Å². The highest BCUT2D eigenvalue weighted by Gasteiger charge is 2.52. The average Bonchev–Trinajstić information content (AvgIpc) is 2.72. The molecule has 0 aliphatic rings. The van der Waals surface area contributed by atoms with Gasteiger partial charge >= 0.3 is 8.32 Å². The normalized spacial score (nSPS) is 12.0. The fraction of sp³-hybridized carbons (Fsp3) is 0.280. The molecule has 0 fully saturated rings. The van der Waals surface area contributed by atoms with Gasteiger partial charge in [-0.25, -0.2) is 0 Å². The predicted octanol–water partition coefficient (Wildman–Crippen LogP) is 4.68. The zero-order valence-corrected chi connectivity index (χ0v) is 18.3. The van der Waals surface area contributed by atoms with E-state index in [1.165, 1.54) is 15.9 Å². The molecule has 0 heterocycles. The van der Waals surface area contributed by atoms with Crippen molar-refractivity contribution in [2.45, 2.75) is 45.8 Å². The summed E-state index contributed by atoms with van der Waals surface area (Å²) in [6, 6.07) is 27.4. The van der Waals surface area contributed by atoms with Crippen molar-refractivity contribution in [2.75, 3.05) is 0 Å². The molecule has 0 bridgehead atoms. The maximum Gasteiger partial charge on any atom is 0.319 e. The highest BCUT2D eigenvalue weighted by molar-refractivity contribution is 7.00. The Hall–Kier alpha value is -2.36. The molecule has 0 aliphatic heterocycles. The molecular formula is C25H30O2Si. The van der Waals surface area contributed by atoms with Crippen LogP contribution in [0.25, 0.3) is 0 Å². The summed E-state index contributed by atoms with van der Waals surface area (Å²) in [5.74, 6) is 0.892. The minimum Gasteiger partial charge on any atom is -0.534 e. The van der Waals surface area contributed by atoms with Gasteiger partial charge in [-0.2, -0.15) is 0 Å². The van der Waals surface area contributed by atoms with Crippen LogP contribution in [0.2, 0.25) is 5.04 Å².